The zero-order valence-corrected chi connectivity index (χ0v) is 19.1. The number of nitrogens with zero attached hydrogens (tertiary/aromatic N) is 4. The molecule has 2 aromatic carbocycles. The van der Waals surface area contributed by atoms with Gasteiger partial charge in [0, 0.05) is 22.8 Å². The van der Waals surface area contributed by atoms with E-state index in [2.05, 4.69) is 20.6 Å². The Morgan fingerprint density at radius 3 is 2.70 bits per heavy atom. The number of amides is 2. The van der Waals surface area contributed by atoms with Crippen molar-refractivity contribution >= 4 is 34.8 Å². The Bertz CT molecular complexity index is 1380. The predicted octanol–water partition coefficient (Wildman–Crippen LogP) is 4.66. The Kier molecular flexibility index (Phi) is 6.32. The predicted molar refractivity (Wildman–Crippen MR) is 127 cm³/mol. The number of urea groups is 1. The molecule has 0 aliphatic heterocycles. The van der Waals surface area contributed by atoms with E-state index >= 15 is 0 Å². The standard InChI is InChI=1S/C23H23ClN6O3/c1-14(2)29-13-25-22-26-17(11-21(31)30(22)29)12-33-20-7-5-4-6-19(20)28-23(32)27-16-9-8-15(3)18(24)10-16/h4-11,13-14H,12H2,1-3H3,(H2,27,28,32). The van der Waals surface area contributed by atoms with Gasteiger partial charge < -0.3 is 15.4 Å². The Hall–Kier alpha value is -3.85. The van der Waals surface area contributed by atoms with Crippen LogP contribution in [0.2, 0.25) is 5.02 Å². The average molecular weight is 467 g/mol. The van der Waals surface area contributed by atoms with Crippen LogP contribution in [0.3, 0.4) is 0 Å². The second-order valence-corrected chi connectivity index (χ2v) is 8.15. The fourth-order valence-corrected chi connectivity index (χ4v) is 3.39. The van der Waals surface area contributed by atoms with Gasteiger partial charge >= 0.3 is 6.03 Å². The molecule has 0 aliphatic carbocycles. The number of anilines is 2. The number of fused-ring (bicyclic) bond motifs is 1. The van der Waals surface area contributed by atoms with Crippen molar-refractivity contribution in [2.24, 2.45) is 0 Å². The molecule has 9 nitrogen and oxygen atoms in total. The summed E-state index contributed by atoms with van der Waals surface area (Å²) in [7, 11) is 0. The molecule has 2 heterocycles. The second-order valence-electron chi connectivity index (χ2n) is 7.74. The van der Waals surface area contributed by atoms with Gasteiger partial charge in [-0.3, -0.25) is 9.48 Å². The van der Waals surface area contributed by atoms with Gasteiger partial charge in [0.05, 0.1) is 11.4 Å². The molecule has 0 saturated heterocycles. The number of ether oxygens (including phenoxy) is 1. The number of carbonyl (C=O) groups excluding carboxylic acids is 1. The summed E-state index contributed by atoms with van der Waals surface area (Å²) in [6.07, 6.45) is 1.58. The van der Waals surface area contributed by atoms with Gasteiger partial charge in [-0.15, -0.1) is 0 Å². The number of carbonyl (C=O) groups is 1. The smallest absolute Gasteiger partial charge is 0.323 e. The lowest BCUT2D eigenvalue weighted by Gasteiger charge is -2.13. The number of aromatic nitrogens is 4. The highest BCUT2D eigenvalue weighted by atomic mass is 35.5. The Balaban J connectivity index is 1.47. The molecule has 0 spiro atoms. The molecule has 0 aliphatic rings. The van der Waals surface area contributed by atoms with Crippen molar-refractivity contribution in [2.45, 2.75) is 33.4 Å². The van der Waals surface area contributed by atoms with E-state index in [4.69, 9.17) is 16.3 Å². The highest BCUT2D eigenvalue weighted by Crippen LogP contribution is 2.25. The molecule has 10 heteroatoms. The van der Waals surface area contributed by atoms with E-state index in [1.807, 2.05) is 26.8 Å². The first kappa shape index (κ1) is 22.3. The molecular weight excluding hydrogens is 444 g/mol. The van der Waals surface area contributed by atoms with E-state index in [0.717, 1.165) is 5.56 Å². The van der Waals surface area contributed by atoms with Crippen molar-refractivity contribution in [3.63, 3.8) is 0 Å². The van der Waals surface area contributed by atoms with E-state index < -0.39 is 6.03 Å². The highest BCUT2D eigenvalue weighted by molar-refractivity contribution is 6.31. The van der Waals surface area contributed by atoms with Crippen molar-refractivity contribution in [3.8, 4) is 5.75 Å². The van der Waals surface area contributed by atoms with Crippen molar-refractivity contribution in [2.75, 3.05) is 10.6 Å². The number of benzene rings is 2. The lowest BCUT2D eigenvalue weighted by atomic mass is 10.2. The van der Waals surface area contributed by atoms with Crippen molar-refractivity contribution in [1.82, 2.24) is 19.2 Å². The minimum absolute atomic E-state index is 0.0359. The first-order chi connectivity index (χ1) is 15.8. The summed E-state index contributed by atoms with van der Waals surface area (Å²) >= 11 is 6.12. The number of aryl methyl sites for hydroxylation is 1. The van der Waals surface area contributed by atoms with Crippen LogP contribution in [0, 0.1) is 6.92 Å². The number of hydrogen-bond acceptors (Lipinski definition) is 5. The SMILES string of the molecule is Cc1ccc(NC(=O)Nc2ccccc2OCc2cc(=O)n3c(ncn3C(C)C)n2)cc1Cl. The van der Waals surface area contributed by atoms with E-state index in [-0.39, 0.29) is 18.2 Å². The van der Waals surface area contributed by atoms with Crippen LogP contribution in [0.15, 0.2) is 59.7 Å². The molecule has 0 radical (unpaired) electrons. The van der Waals surface area contributed by atoms with Gasteiger partial charge in [0.25, 0.3) is 11.3 Å². The Morgan fingerprint density at radius 2 is 1.94 bits per heavy atom. The van der Waals surface area contributed by atoms with Gasteiger partial charge in [0.15, 0.2) is 0 Å². The van der Waals surface area contributed by atoms with Crippen molar-refractivity contribution in [1.29, 1.82) is 0 Å². The summed E-state index contributed by atoms with van der Waals surface area (Å²) < 4.78 is 9.00. The van der Waals surface area contributed by atoms with Gasteiger partial charge in [0.1, 0.15) is 18.7 Å². The summed E-state index contributed by atoms with van der Waals surface area (Å²) in [5, 5.41) is 6.07. The fraction of sp³-hybridized carbons (Fsp3) is 0.217. The molecule has 2 aromatic heterocycles. The summed E-state index contributed by atoms with van der Waals surface area (Å²) in [6.45, 7) is 5.83. The molecule has 2 N–H and O–H groups in total. The lowest BCUT2D eigenvalue weighted by molar-refractivity contribution is 0.261. The van der Waals surface area contributed by atoms with Crippen LogP contribution in [-0.2, 0) is 6.61 Å². The maximum atomic E-state index is 12.6. The molecule has 0 bridgehead atoms. The van der Waals surface area contributed by atoms with Crippen LogP contribution in [0.25, 0.3) is 5.78 Å². The quantitative estimate of drug-likeness (QED) is 0.430. The largest absolute Gasteiger partial charge is 0.485 e. The number of rotatable bonds is 6. The summed E-state index contributed by atoms with van der Waals surface area (Å²) in [4.78, 5) is 33.6. The maximum absolute atomic E-state index is 12.6. The summed E-state index contributed by atoms with van der Waals surface area (Å²) in [5.41, 5.74) is 2.15. The zero-order chi connectivity index (χ0) is 23.5. The second kappa shape index (κ2) is 9.33. The molecular formula is C23H23ClN6O3. The Labute approximate surface area is 195 Å². The molecule has 0 saturated carbocycles. The minimum Gasteiger partial charge on any atom is -0.485 e. The van der Waals surface area contributed by atoms with Gasteiger partial charge in [-0.2, -0.15) is 9.50 Å². The molecule has 0 unspecified atom stereocenters. The Morgan fingerprint density at radius 1 is 1.15 bits per heavy atom. The van der Waals surface area contributed by atoms with Gasteiger partial charge in [0.2, 0.25) is 0 Å². The molecule has 2 amide bonds. The molecule has 0 fully saturated rings. The molecule has 170 valence electrons. The zero-order valence-electron chi connectivity index (χ0n) is 18.4. The first-order valence-corrected chi connectivity index (χ1v) is 10.7. The highest BCUT2D eigenvalue weighted by Gasteiger charge is 2.12. The van der Waals surface area contributed by atoms with E-state index in [1.54, 1.807) is 47.4 Å². The first-order valence-electron chi connectivity index (χ1n) is 10.3. The molecule has 4 rings (SSSR count). The maximum Gasteiger partial charge on any atom is 0.323 e. The van der Waals surface area contributed by atoms with E-state index in [1.165, 1.54) is 10.6 Å². The number of halogens is 1. The fourth-order valence-electron chi connectivity index (χ4n) is 3.21. The number of hydrogen-bond donors (Lipinski definition) is 2. The van der Waals surface area contributed by atoms with Gasteiger partial charge in [-0.1, -0.05) is 29.8 Å². The number of nitrogens with one attached hydrogen (secondary N) is 2. The van der Waals surface area contributed by atoms with E-state index in [9.17, 15) is 9.59 Å². The van der Waals surface area contributed by atoms with Crippen LogP contribution in [-0.4, -0.2) is 25.2 Å². The van der Waals surface area contributed by atoms with Crippen LogP contribution < -0.4 is 20.9 Å². The molecule has 4 aromatic rings. The van der Waals surface area contributed by atoms with Crippen LogP contribution in [0.1, 0.15) is 31.1 Å². The number of para-hydroxylation sites is 2. The molecule has 33 heavy (non-hydrogen) atoms. The van der Waals surface area contributed by atoms with Gasteiger partial charge in [-0.25, -0.2) is 9.78 Å². The lowest BCUT2D eigenvalue weighted by Crippen LogP contribution is -2.23. The third-order valence-corrected chi connectivity index (χ3v) is 5.33. The monoisotopic (exact) mass is 466 g/mol. The normalized spacial score (nSPS) is 11.1. The third-order valence-electron chi connectivity index (χ3n) is 4.92. The summed E-state index contributed by atoms with van der Waals surface area (Å²) in [5.74, 6) is 0.738. The topological polar surface area (TPSA) is 103 Å². The van der Waals surface area contributed by atoms with Crippen LogP contribution >= 0.6 is 11.6 Å². The third kappa shape index (κ3) is 4.98. The van der Waals surface area contributed by atoms with Gasteiger partial charge in [-0.05, 0) is 50.6 Å². The average Bonchev–Trinajstić information content (AvgIpc) is 3.21. The molecule has 0 atom stereocenters. The van der Waals surface area contributed by atoms with Crippen molar-refractivity contribution < 1.29 is 9.53 Å². The van der Waals surface area contributed by atoms with Crippen molar-refractivity contribution in [3.05, 3.63) is 81.5 Å². The minimum atomic E-state index is -0.442. The van der Waals surface area contributed by atoms with Crippen LogP contribution in [0.4, 0.5) is 16.2 Å². The van der Waals surface area contributed by atoms with Crippen LogP contribution in [0.5, 0.6) is 5.75 Å². The summed E-state index contributed by atoms with van der Waals surface area (Å²) in [6, 6.07) is 13.3. The van der Waals surface area contributed by atoms with E-state index in [0.29, 0.717) is 33.6 Å².